The molecule has 3 fully saturated rings. The Morgan fingerprint density at radius 3 is 2.47 bits per heavy atom. The molecule has 0 radical (unpaired) electrons. The van der Waals surface area contributed by atoms with E-state index in [2.05, 4.69) is 42.1 Å². The van der Waals surface area contributed by atoms with Crippen LogP contribution < -0.4 is 10.2 Å². The van der Waals surface area contributed by atoms with Gasteiger partial charge in [0, 0.05) is 50.0 Å². The van der Waals surface area contributed by atoms with E-state index in [1.165, 1.54) is 38.2 Å². The summed E-state index contributed by atoms with van der Waals surface area (Å²) >= 11 is 0. The number of carbonyl (C=O) groups is 1. The molecule has 1 aromatic carbocycles. The normalized spacial score (nSPS) is 26.6. The lowest BCUT2D eigenvalue weighted by molar-refractivity contribution is -0.143. The van der Waals surface area contributed by atoms with Crippen molar-refractivity contribution in [2.45, 2.75) is 127 Å². The van der Waals surface area contributed by atoms with Gasteiger partial charge in [0.1, 0.15) is 11.6 Å². The number of aryl methyl sites for hydroxylation is 3. The maximum absolute atomic E-state index is 14.4. The SMILES string of the molecule is CC[C@H](C1CCC(C(=O)O)CC1)N(C)c1nc2c(c(N[C@@H](CN3C4CCCC3CC4)c3cc(C)n(C)n3)n1)C[C@H](c1cccc(F)c1)CC2. The summed E-state index contributed by atoms with van der Waals surface area (Å²) in [7, 11) is 4.13. The number of carboxylic acids is 1. The number of aliphatic carboxylic acids is 1. The average molecular weight is 672 g/mol. The summed E-state index contributed by atoms with van der Waals surface area (Å²) in [5.74, 6) is 1.10. The first-order valence-electron chi connectivity index (χ1n) is 18.8. The van der Waals surface area contributed by atoms with Crippen molar-refractivity contribution in [3.05, 3.63) is 64.4 Å². The van der Waals surface area contributed by atoms with Crippen LogP contribution in [0.2, 0.25) is 0 Å². The lowest BCUT2D eigenvalue weighted by atomic mass is 9.77. The molecule has 9 nitrogen and oxygen atoms in total. The van der Waals surface area contributed by atoms with Crippen LogP contribution in [0.3, 0.4) is 0 Å². The van der Waals surface area contributed by atoms with Crippen molar-refractivity contribution in [3.8, 4) is 0 Å². The highest BCUT2D eigenvalue weighted by atomic mass is 19.1. The van der Waals surface area contributed by atoms with Crippen molar-refractivity contribution < 1.29 is 14.3 Å². The van der Waals surface area contributed by atoms with E-state index in [0.717, 1.165) is 97.9 Å². The number of nitrogens with one attached hydrogen (secondary N) is 1. The van der Waals surface area contributed by atoms with Crippen LogP contribution in [-0.2, 0) is 24.7 Å². The van der Waals surface area contributed by atoms with E-state index in [-0.39, 0.29) is 29.7 Å². The predicted molar refractivity (Wildman–Crippen MR) is 190 cm³/mol. The number of piperidine rings is 1. The molecule has 4 heterocycles. The van der Waals surface area contributed by atoms with Crippen LogP contribution in [0.5, 0.6) is 0 Å². The number of hydrogen-bond donors (Lipinski definition) is 2. The van der Waals surface area contributed by atoms with Gasteiger partial charge in [-0.15, -0.1) is 0 Å². The van der Waals surface area contributed by atoms with Crippen LogP contribution >= 0.6 is 0 Å². The summed E-state index contributed by atoms with van der Waals surface area (Å²) in [4.78, 5) is 27.3. The van der Waals surface area contributed by atoms with Gasteiger partial charge in [-0.05, 0) is 120 Å². The number of halogens is 1. The molecule has 2 aromatic heterocycles. The number of anilines is 2. The number of aromatic nitrogens is 4. The highest BCUT2D eigenvalue weighted by Crippen LogP contribution is 2.41. The third-order valence-corrected chi connectivity index (χ3v) is 12.5. The van der Waals surface area contributed by atoms with Crippen LogP contribution in [-0.4, -0.2) is 67.4 Å². The Balaban J connectivity index is 1.24. The molecule has 2 aliphatic carbocycles. The van der Waals surface area contributed by atoms with Crippen molar-refractivity contribution >= 4 is 17.7 Å². The van der Waals surface area contributed by atoms with Crippen LogP contribution in [0.15, 0.2) is 30.3 Å². The van der Waals surface area contributed by atoms with E-state index in [9.17, 15) is 14.3 Å². The molecule has 5 atom stereocenters. The van der Waals surface area contributed by atoms with Gasteiger partial charge in [0.05, 0.1) is 23.3 Å². The number of hydrogen-bond acceptors (Lipinski definition) is 7. The fourth-order valence-corrected chi connectivity index (χ4v) is 9.61. The first-order chi connectivity index (χ1) is 23.7. The molecule has 0 spiro atoms. The van der Waals surface area contributed by atoms with E-state index < -0.39 is 5.97 Å². The van der Waals surface area contributed by atoms with Crippen molar-refractivity contribution in [1.29, 1.82) is 0 Å². The van der Waals surface area contributed by atoms with Gasteiger partial charge in [-0.3, -0.25) is 14.4 Å². The highest BCUT2D eigenvalue weighted by molar-refractivity contribution is 5.70. The maximum atomic E-state index is 14.4. The smallest absolute Gasteiger partial charge is 0.306 e. The van der Waals surface area contributed by atoms with E-state index >= 15 is 0 Å². The first-order valence-corrected chi connectivity index (χ1v) is 18.8. The summed E-state index contributed by atoms with van der Waals surface area (Å²) in [6.45, 7) is 5.21. The molecule has 49 heavy (non-hydrogen) atoms. The molecule has 2 N–H and O–H groups in total. The highest BCUT2D eigenvalue weighted by Gasteiger charge is 2.39. The predicted octanol–water partition coefficient (Wildman–Crippen LogP) is 7.21. The molecule has 264 valence electrons. The molecule has 2 bridgehead atoms. The van der Waals surface area contributed by atoms with Crippen LogP contribution in [0, 0.1) is 24.6 Å². The molecule has 2 aliphatic heterocycles. The minimum Gasteiger partial charge on any atom is -0.481 e. The van der Waals surface area contributed by atoms with Gasteiger partial charge < -0.3 is 15.3 Å². The second-order valence-electron chi connectivity index (χ2n) is 15.4. The molecule has 10 heteroatoms. The Labute approximate surface area is 290 Å². The minimum absolute atomic E-state index is 0.0407. The van der Waals surface area contributed by atoms with Gasteiger partial charge in [-0.2, -0.15) is 10.1 Å². The Bertz CT molecular complexity index is 1600. The Kier molecular flexibility index (Phi) is 9.95. The molecule has 2 unspecified atom stereocenters. The summed E-state index contributed by atoms with van der Waals surface area (Å²) in [6.07, 6.45) is 13.1. The topological polar surface area (TPSA) is 99.4 Å². The van der Waals surface area contributed by atoms with Gasteiger partial charge in [0.25, 0.3) is 0 Å². The largest absolute Gasteiger partial charge is 0.481 e. The van der Waals surface area contributed by atoms with Crippen LogP contribution in [0.1, 0.15) is 118 Å². The molecule has 4 aliphatic rings. The molecule has 7 rings (SSSR count). The second kappa shape index (κ2) is 14.4. The number of fused-ring (bicyclic) bond motifs is 3. The number of nitrogens with zero attached hydrogens (tertiary/aromatic N) is 6. The van der Waals surface area contributed by atoms with Crippen molar-refractivity contribution in [2.24, 2.45) is 18.9 Å². The van der Waals surface area contributed by atoms with Gasteiger partial charge >= 0.3 is 5.97 Å². The minimum atomic E-state index is -0.666. The molecule has 1 saturated carbocycles. The van der Waals surface area contributed by atoms with Gasteiger partial charge in [0.2, 0.25) is 5.95 Å². The fraction of sp³-hybridized carbons (Fsp3) is 0.641. The standard InChI is InChI=1S/C39H54FN7O2/c1-5-36(25-12-14-26(15-13-25)38(48)49)45(3)39-42-33-19-16-28(27-8-6-9-29(40)21-27)22-32(33)37(43-39)41-35(34-20-24(2)46(4)44-34)23-47-30-10-7-11-31(47)18-17-30/h6,8-9,20-21,25-26,28,30-31,35-36H,5,7,10-19,22-23H2,1-4H3,(H,48,49)(H,41,42,43)/t25?,26?,28-,30?,31?,35+,36-/m1/s1. The lowest BCUT2D eigenvalue weighted by Gasteiger charge is -2.39. The van der Waals surface area contributed by atoms with E-state index in [1.807, 2.05) is 23.9 Å². The Morgan fingerprint density at radius 2 is 1.82 bits per heavy atom. The maximum Gasteiger partial charge on any atom is 0.306 e. The summed E-state index contributed by atoms with van der Waals surface area (Å²) in [5.41, 5.74) is 5.40. The van der Waals surface area contributed by atoms with E-state index in [4.69, 9.17) is 15.1 Å². The van der Waals surface area contributed by atoms with Crippen molar-refractivity contribution in [2.75, 3.05) is 23.8 Å². The third-order valence-electron chi connectivity index (χ3n) is 12.5. The molecule has 0 amide bonds. The van der Waals surface area contributed by atoms with Gasteiger partial charge in [-0.1, -0.05) is 25.5 Å². The van der Waals surface area contributed by atoms with Crippen molar-refractivity contribution in [1.82, 2.24) is 24.6 Å². The van der Waals surface area contributed by atoms with Crippen molar-refractivity contribution in [3.63, 3.8) is 0 Å². The number of rotatable bonds is 11. The Morgan fingerprint density at radius 1 is 1.06 bits per heavy atom. The Hall–Kier alpha value is -3.53. The average Bonchev–Trinajstić information content (AvgIpc) is 3.54. The first kappa shape index (κ1) is 33.9. The molecule has 2 saturated heterocycles. The zero-order chi connectivity index (χ0) is 34.2. The zero-order valence-corrected chi connectivity index (χ0v) is 29.7. The molecular formula is C39H54FN7O2. The quantitative estimate of drug-likeness (QED) is 0.221. The zero-order valence-electron chi connectivity index (χ0n) is 29.7. The van der Waals surface area contributed by atoms with Gasteiger partial charge in [-0.25, -0.2) is 9.37 Å². The van der Waals surface area contributed by atoms with Gasteiger partial charge in [0.15, 0.2) is 0 Å². The molecule has 3 aromatic rings. The van der Waals surface area contributed by atoms with Crippen LogP contribution in [0.25, 0.3) is 0 Å². The monoisotopic (exact) mass is 671 g/mol. The van der Waals surface area contributed by atoms with E-state index in [0.29, 0.717) is 18.0 Å². The van der Waals surface area contributed by atoms with Crippen LogP contribution in [0.4, 0.5) is 16.2 Å². The summed E-state index contributed by atoms with van der Waals surface area (Å²) in [5, 5.41) is 18.6. The molecular weight excluding hydrogens is 617 g/mol. The third kappa shape index (κ3) is 7.08. The summed E-state index contributed by atoms with van der Waals surface area (Å²) < 4.78 is 16.3. The summed E-state index contributed by atoms with van der Waals surface area (Å²) in [6, 6.07) is 10.7. The number of carboxylic acid groups (broad SMARTS) is 1. The number of benzene rings is 1. The van der Waals surface area contributed by atoms with E-state index in [1.54, 1.807) is 6.07 Å². The lowest BCUT2D eigenvalue weighted by Crippen LogP contribution is -2.43. The fourth-order valence-electron chi connectivity index (χ4n) is 9.61. The second-order valence-corrected chi connectivity index (χ2v) is 15.4.